The van der Waals surface area contributed by atoms with Crippen molar-refractivity contribution in [3.05, 3.63) is 35.6 Å². The number of halogens is 1. The summed E-state index contributed by atoms with van der Waals surface area (Å²) in [6.45, 7) is 1.70. The number of hydrogen-bond acceptors (Lipinski definition) is 3. The van der Waals surface area contributed by atoms with Gasteiger partial charge in [0.2, 0.25) is 0 Å². The number of urea groups is 1. The summed E-state index contributed by atoms with van der Waals surface area (Å²) >= 11 is 0. The topological polar surface area (TPSA) is 89.9 Å². The first kappa shape index (κ1) is 15.2. The lowest BCUT2D eigenvalue weighted by Crippen LogP contribution is -2.46. The van der Waals surface area contributed by atoms with Gasteiger partial charge < -0.3 is 20.4 Å². The molecule has 0 spiro atoms. The molecule has 114 valence electrons. The zero-order valence-corrected chi connectivity index (χ0v) is 11.5. The average molecular weight is 296 g/mol. The molecule has 1 aliphatic rings. The lowest BCUT2D eigenvalue weighted by atomic mass is 10.1. The minimum absolute atomic E-state index is 0.0149. The summed E-state index contributed by atoms with van der Waals surface area (Å²) in [4.78, 5) is 24.3. The van der Waals surface area contributed by atoms with E-state index in [9.17, 15) is 19.1 Å². The van der Waals surface area contributed by atoms with Crippen LogP contribution in [0.5, 0.6) is 0 Å². The number of β-amino-alcohol motifs (C(OH)–C–C–N with tert-alkyl or cyclic N) is 1. The molecule has 1 aromatic carbocycles. The second-order valence-electron chi connectivity index (χ2n) is 5.12. The van der Waals surface area contributed by atoms with Crippen LogP contribution in [0.1, 0.15) is 24.9 Å². The van der Waals surface area contributed by atoms with Crippen LogP contribution in [0.3, 0.4) is 0 Å². The first-order valence-corrected chi connectivity index (χ1v) is 6.62. The number of benzene rings is 1. The standard InChI is InChI=1S/C14H17FN2O4/c1-8(9-2-4-10(15)5-3-9)16-14(21)17-7-11(18)6-12(17)13(19)20/h2-5,8,11-12,18H,6-7H2,1H3,(H,16,21)(H,19,20). The van der Waals surface area contributed by atoms with Gasteiger partial charge in [-0.05, 0) is 24.6 Å². The van der Waals surface area contributed by atoms with E-state index >= 15 is 0 Å². The summed E-state index contributed by atoms with van der Waals surface area (Å²) in [6.07, 6.45) is -0.814. The maximum absolute atomic E-state index is 12.9. The number of rotatable bonds is 3. The normalized spacial score (nSPS) is 22.9. The van der Waals surface area contributed by atoms with Crippen LogP contribution in [0.15, 0.2) is 24.3 Å². The lowest BCUT2D eigenvalue weighted by molar-refractivity contribution is -0.141. The van der Waals surface area contributed by atoms with Gasteiger partial charge in [0.1, 0.15) is 11.9 Å². The van der Waals surface area contributed by atoms with E-state index < -0.39 is 30.2 Å². The van der Waals surface area contributed by atoms with E-state index in [4.69, 9.17) is 5.11 Å². The van der Waals surface area contributed by atoms with Gasteiger partial charge in [0.05, 0.1) is 12.1 Å². The van der Waals surface area contributed by atoms with Gasteiger partial charge in [-0.3, -0.25) is 0 Å². The van der Waals surface area contributed by atoms with E-state index in [1.807, 2.05) is 0 Å². The third kappa shape index (κ3) is 3.49. The van der Waals surface area contributed by atoms with E-state index in [0.29, 0.717) is 5.56 Å². The van der Waals surface area contributed by atoms with Gasteiger partial charge in [0.25, 0.3) is 0 Å². The molecular weight excluding hydrogens is 279 g/mol. The first-order chi connectivity index (χ1) is 9.88. The van der Waals surface area contributed by atoms with E-state index in [1.165, 1.54) is 12.1 Å². The Hall–Kier alpha value is -2.15. The quantitative estimate of drug-likeness (QED) is 0.779. The molecule has 3 N–H and O–H groups in total. The van der Waals surface area contributed by atoms with Crippen molar-refractivity contribution in [1.82, 2.24) is 10.2 Å². The number of likely N-dealkylation sites (tertiary alicyclic amines) is 1. The van der Waals surface area contributed by atoms with Gasteiger partial charge in [0, 0.05) is 13.0 Å². The van der Waals surface area contributed by atoms with Crippen LogP contribution in [-0.4, -0.2) is 45.8 Å². The number of amides is 2. The maximum atomic E-state index is 12.9. The Labute approximate surface area is 121 Å². The monoisotopic (exact) mass is 296 g/mol. The van der Waals surface area contributed by atoms with Crippen LogP contribution in [0.2, 0.25) is 0 Å². The molecule has 0 bridgehead atoms. The smallest absolute Gasteiger partial charge is 0.326 e. The summed E-state index contributed by atoms with van der Waals surface area (Å²) in [5.41, 5.74) is 0.705. The van der Waals surface area contributed by atoms with Gasteiger partial charge in [-0.15, -0.1) is 0 Å². The molecule has 0 radical (unpaired) electrons. The Balaban J connectivity index is 2.03. The number of aliphatic hydroxyl groups is 1. The van der Waals surface area contributed by atoms with E-state index in [-0.39, 0.29) is 18.8 Å². The van der Waals surface area contributed by atoms with Crippen molar-refractivity contribution in [3.63, 3.8) is 0 Å². The highest BCUT2D eigenvalue weighted by Crippen LogP contribution is 2.20. The molecule has 1 heterocycles. The van der Waals surface area contributed by atoms with Crippen molar-refractivity contribution in [3.8, 4) is 0 Å². The Bertz CT molecular complexity index is 534. The van der Waals surface area contributed by atoms with Crippen LogP contribution in [-0.2, 0) is 4.79 Å². The van der Waals surface area contributed by atoms with Gasteiger partial charge in [-0.25, -0.2) is 14.0 Å². The number of carbonyl (C=O) groups is 2. The van der Waals surface area contributed by atoms with Gasteiger partial charge in [-0.2, -0.15) is 0 Å². The number of hydrogen-bond donors (Lipinski definition) is 3. The second kappa shape index (κ2) is 6.09. The minimum atomic E-state index is -1.14. The highest BCUT2D eigenvalue weighted by Gasteiger charge is 2.39. The number of nitrogens with one attached hydrogen (secondary N) is 1. The Morgan fingerprint density at radius 1 is 1.38 bits per heavy atom. The summed E-state index contributed by atoms with van der Waals surface area (Å²) in [5.74, 6) is -1.51. The number of aliphatic carboxylic acids is 1. The van der Waals surface area contributed by atoms with Crippen LogP contribution >= 0.6 is 0 Å². The number of carbonyl (C=O) groups excluding carboxylic acids is 1. The van der Waals surface area contributed by atoms with Gasteiger partial charge in [-0.1, -0.05) is 12.1 Å². The van der Waals surface area contributed by atoms with Crippen molar-refractivity contribution in [2.24, 2.45) is 0 Å². The third-order valence-corrected chi connectivity index (χ3v) is 3.53. The number of nitrogens with zero attached hydrogens (tertiary/aromatic N) is 1. The predicted molar refractivity (Wildman–Crippen MR) is 72.1 cm³/mol. The molecular formula is C14H17FN2O4. The SMILES string of the molecule is CC(NC(=O)N1CC(O)CC1C(=O)O)c1ccc(F)cc1. The maximum Gasteiger partial charge on any atom is 0.326 e. The molecule has 6 nitrogen and oxygen atoms in total. The van der Waals surface area contributed by atoms with Gasteiger partial charge >= 0.3 is 12.0 Å². The van der Waals surface area contributed by atoms with E-state index in [2.05, 4.69) is 5.32 Å². The Kier molecular flexibility index (Phi) is 4.42. The summed E-state index contributed by atoms with van der Waals surface area (Å²) in [7, 11) is 0. The highest BCUT2D eigenvalue weighted by atomic mass is 19.1. The van der Waals surface area contributed by atoms with Crippen molar-refractivity contribution in [2.45, 2.75) is 31.5 Å². The lowest BCUT2D eigenvalue weighted by Gasteiger charge is -2.24. The van der Waals surface area contributed by atoms with Crippen molar-refractivity contribution >= 4 is 12.0 Å². The van der Waals surface area contributed by atoms with Crippen molar-refractivity contribution in [2.75, 3.05) is 6.54 Å². The van der Waals surface area contributed by atoms with E-state index in [0.717, 1.165) is 4.90 Å². The van der Waals surface area contributed by atoms with Crippen molar-refractivity contribution in [1.29, 1.82) is 0 Å². The fourth-order valence-corrected chi connectivity index (χ4v) is 2.38. The third-order valence-electron chi connectivity index (χ3n) is 3.53. The first-order valence-electron chi connectivity index (χ1n) is 6.62. The van der Waals surface area contributed by atoms with Crippen LogP contribution in [0.25, 0.3) is 0 Å². The molecule has 3 atom stereocenters. The number of carboxylic acid groups (broad SMARTS) is 1. The fraction of sp³-hybridized carbons (Fsp3) is 0.429. The van der Waals surface area contributed by atoms with Crippen molar-refractivity contribution < 1.29 is 24.2 Å². The second-order valence-corrected chi connectivity index (χ2v) is 5.12. The molecule has 0 aliphatic carbocycles. The molecule has 7 heteroatoms. The van der Waals surface area contributed by atoms with Crippen LogP contribution in [0, 0.1) is 5.82 Å². The molecule has 0 saturated carbocycles. The predicted octanol–water partition coefficient (Wildman–Crippen LogP) is 1.12. The zero-order chi connectivity index (χ0) is 15.6. The molecule has 1 aliphatic heterocycles. The molecule has 1 saturated heterocycles. The summed E-state index contributed by atoms with van der Waals surface area (Å²) in [5, 5.41) is 21.2. The fourth-order valence-electron chi connectivity index (χ4n) is 2.38. The molecule has 1 aromatic rings. The summed E-state index contributed by atoms with van der Waals surface area (Å²) in [6, 6.07) is 3.69. The Morgan fingerprint density at radius 2 is 2.00 bits per heavy atom. The molecule has 3 unspecified atom stereocenters. The largest absolute Gasteiger partial charge is 0.480 e. The number of aliphatic hydroxyl groups excluding tert-OH is 1. The molecule has 0 aromatic heterocycles. The highest BCUT2D eigenvalue weighted by molar-refractivity contribution is 5.83. The molecule has 1 fully saturated rings. The van der Waals surface area contributed by atoms with Gasteiger partial charge in [0.15, 0.2) is 0 Å². The number of carboxylic acids is 1. The summed E-state index contributed by atoms with van der Waals surface area (Å²) < 4.78 is 12.9. The van der Waals surface area contributed by atoms with E-state index in [1.54, 1.807) is 19.1 Å². The average Bonchev–Trinajstić information content (AvgIpc) is 2.82. The molecule has 2 amide bonds. The molecule has 21 heavy (non-hydrogen) atoms. The molecule has 2 rings (SSSR count). The Morgan fingerprint density at radius 3 is 2.57 bits per heavy atom. The van der Waals surface area contributed by atoms with Crippen LogP contribution in [0.4, 0.5) is 9.18 Å². The minimum Gasteiger partial charge on any atom is -0.480 e. The zero-order valence-electron chi connectivity index (χ0n) is 11.5. The van der Waals surface area contributed by atoms with Crippen LogP contribution < -0.4 is 5.32 Å².